The third-order valence-electron chi connectivity index (χ3n) is 6.84. The fraction of sp³-hybridized carbons (Fsp3) is 0.148. The molecular weight excluding hydrogens is 517 g/mol. The van der Waals surface area contributed by atoms with Gasteiger partial charge in [0.15, 0.2) is 0 Å². The topological polar surface area (TPSA) is 86.3 Å². The van der Waals surface area contributed by atoms with Crippen LogP contribution in [0, 0.1) is 6.92 Å². The number of benzene rings is 3. The van der Waals surface area contributed by atoms with E-state index >= 15 is 0 Å². The second-order valence-corrected chi connectivity index (χ2v) is 11.0. The predicted octanol–water partition coefficient (Wildman–Crippen LogP) is 4.75. The van der Waals surface area contributed by atoms with Crippen LogP contribution in [0.1, 0.15) is 27.8 Å². The molecule has 5 aromatic rings. The van der Waals surface area contributed by atoms with E-state index in [0.717, 1.165) is 37.3 Å². The van der Waals surface area contributed by atoms with Gasteiger partial charge in [0.2, 0.25) is 15.5 Å². The van der Waals surface area contributed by atoms with E-state index in [1.54, 1.807) is 6.07 Å². The molecule has 7 nitrogen and oxygen atoms in total. The lowest BCUT2D eigenvalue weighted by molar-refractivity contribution is -0.138. The van der Waals surface area contributed by atoms with Crippen LogP contribution >= 0.6 is 0 Å². The number of sulfone groups is 1. The van der Waals surface area contributed by atoms with Crippen LogP contribution < -0.4 is 5.56 Å². The molecule has 6 rings (SSSR count). The molecule has 38 heavy (non-hydrogen) atoms. The monoisotopic (exact) mass is 536 g/mol. The van der Waals surface area contributed by atoms with Crippen LogP contribution in [0.15, 0.2) is 83.0 Å². The highest BCUT2D eigenvalue weighted by Gasteiger charge is 2.33. The van der Waals surface area contributed by atoms with Crippen molar-refractivity contribution in [2.75, 3.05) is 0 Å². The Morgan fingerprint density at radius 1 is 0.921 bits per heavy atom. The van der Waals surface area contributed by atoms with Gasteiger partial charge in [-0.15, -0.1) is 10.2 Å². The molecule has 2 aromatic heterocycles. The molecule has 0 bridgehead atoms. The molecule has 2 heterocycles. The molecule has 1 aliphatic carbocycles. The van der Waals surface area contributed by atoms with E-state index in [2.05, 4.69) is 10.2 Å². The smallest absolute Gasteiger partial charge is 0.279 e. The minimum atomic E-state index is -4.60. The zero-order valence-corrected chi connectivity index (χ0v) is 20.7. The molecule has 0 N–H and O–H groups in total. The van der Waals surface area contributed by atoms with Crippen LogP contribution in [0.4, 0.5) is 13.2 Å². The van der Waals surface area contributed by atoms with Crippen LogP contribution in [-0.2, 0) is 28.2 Å². The normalized spacial score (nSPS) is 13.1. The van der Waals surface area contributed by atoms with E-state index in [1.165, 1.54) is 31.5 Å². The van der Waals surface area contributed by atoms with Gasteiger partial charge in [0.25, 0.3) is 5.16 Å². The molecule has 3 aromatic carbocycles. The molecule has 11 heteroatoms. The van der Waals surface area contributed by atoms with Gasteiger partial charge in [-0.3, -0.25) is 13.8 Å². The molecule has 0 fully saturated rings. The zero-order chi connectivity index (χ0) is 26.8. The van der Waals surface area contributed by atoms with E-state index in [1.807, 2.05) is 36.4 Å². The number of fused-ring (bicyclic) bond motifs is 4. The fourth-order valence-corrected chi connectivity index (χ4v) is 6.51. The number of rotatable bonds is 4. The van der Waals surface area contributed by atoms with Gasteiger partial charge in [-0.25, -0.2) is 8.42 Å². The van der Waals surface area contributed by atoms with E-state index < -0.39 is 32.3 Å². The van der Waals surface area contributed by atoms with Crippen molar-refractivity contribution in [2.24, 2.45) is 0 Å². The Kier molecular flexibility index (Phi) is 5.32. The fourth-order valence-electron chi connectivity index (χ4n) is 5.12. The summed E-state index contributed by atoms with van der Waals surface area (Å²) in [5.74, 6) is -0.360. The Labute approximate surface area is 214 Å². The number of halogens is 3. The van der Waals surface area contributed by atoms with Crippen molar-refractivity contribution in [2.45, 2.75) is 30.4 Å². The molecule has 0 saturated carbocycles. The Bertz CT molecular complexity index is 1920. The van der Waals surface area contributed by atoms with Gasteiger partial charge in [0.05, 0.1) is 17.0 Å². The van der Waals surface area contributed by atoms with Crippen LogP contribution in [0.2, 0.25) is 0 Å². The summed E-state index contributed by atoms with van der Waals surface area (Å²) in [5.41, 5.74) is 2.51. The van der Waals surface area contributed by atoms with Gasteiger partial charge in [-0.2, -0.15) is 13.2 Å². The first-order valence-corrected chi connectivity index (χ1v) is 13.3. The van der Waals surface area contributed by atoms with Gasteiger partial charge in [0, 0.05) is 12.4 Å². The summed E-state index contributed by atoms with van der Waals surface area (Å²) in [4.78, 5) is 13.2. The quantitative estimate of drug-likeness (QED) is 0.325. The first kappa shape index (κ1) is 24.1. The molecule has 192 valence electrons. The zero-order valence-electron chi connectivity index (χ0n) is 19.9. The predicted molar refractivity (Wildman–Crippen MR) is 134 cm³/mol. The Morgan fingerprint density at radius 2 is 1.66 bits per heavy atom. The SMILES string of the molecule is Cc1c(-n2ccn3c(S(=O)(=O)Cc4cccc5c4-c4ccccc4C5)nnc3c2=O)cccc1C(F)(F)F. The molecule has 0 amide bonds. The third kappa shape index (κ3) is 3.73. The van der Waals surface area contributed by atoms with E-state index in [4.69, 9.17) is 0 Å². The number of aromatic nitrogens is 4. The second kappa shape index (κ2) is 8.38. The first-order chi connectivity index (χ1) is 18.1. The molecule has 1 aliphatic rings. The molecule has 0 unspecified atom stereocenters. The summed E-state index contributed by atoms with van der Waals surface area (Å²) < 4.78 is 69.3. The van der Waals surface area contributed by atoms with Crippen LogP contribution in [0.5, 0.6) is 0 Å². The highest BCUT2D eigenvalue weighted by molar-refractivity contribution is 7.90. The summed E-state index contributed by atoms with van der Waals surface area (Å²) in [5, 5.41) is 7.19. The molecule has 0 radical (unpaired) electrons. The van der Waals surface area contributed by atoms with Crippen LogP contribution in [0.25, 0.3) is 22.5 Å². The Morgan fingerprint density at radius 3 is 2.45 bits per heavy atom. The van der Waals surface area contributed by atoms with Crippen molar-refractivity contribution in [1.82, 2.24) is 19.2 Å². The average Bonchev–Trinajstić information content (AvgIpc) is 3.47. The van der Waals surface area contributed by atoms with Crippen molar-refractivity contribution < 1.29 is 21.6 Å². The summed E-state index contributed by atoms with van der Waals surface area (Å²) in [6, 6.07) is 16.9. The van der Waals surface area contributed by atoms with E-state index in [-0.39, 0.29) is 22.7 Å². The first-order valence-electron chi connectivity index (χ1n) is 11.6. The minimum Gasteiger partial charge on any atom is -0.279 e. The highest BCUT2D eigenvalue weighted by Crippen LogP contribution is 2.40. The number of nitrogens with zero attached hydrogens (tertiary/aromatic N) is 4. The lowest BCUT2D eigenvalue weighted by Gasteiger charge is -2.15. The largest absolute Gasteiger partial charge is 0.416 e. The molecule has 0 atom stereocenters. The molecule has 0 saturated heterocycles. The van der Waals surface area contributed by atoms with Crippen LogP contribution in [-0.4, -0.2) is 27.6 Å². The molecule has 0 spiro atoms. The van der Waals surface area contributed by atoms with Gasteiger partial charge < -0.3 is 0 Å². The van der Waals surface area contributed by atoms with Crippen molar-refractivity contribution in [3.63, 3.8) is 0 Å². The van der Waals surface area contributed by atoms with Gasteiger partial charge in [-0.1, -0.05) is 48.5 Å². The molecule has 0 aliphatic heterocycles. The maximum absolute atomic E-state index is 13.5. The third-order valence-corrected chi connectivity index (χ3v) is 8.36. The Balaban J connectivity index is 1.42. The standard InChI is InChI=1S/C27H19F3N4O3S/c1-16-21(27(28,29)30)10-5-11-22(16)33-12-13-34-24(25(33)35)31-32-26(34)38(36,37)15-19-8-4-7-18-14-17-6-2-3-9-20(17)23(18)19/h2-13H,14-15H2,1H3. The summed E-state index contributed by atoms with van der Waals surface area (Å²) in [7, 11) is -4.06. The summed E-state index contributed by atoms with van der Waals surface area (Å²) in [6.07, 6.45) is -1.39. The maximum atomic E-state index is 13.5. The number of hydrogen-bond donors (Lipinski definition) is 0. The minimum absolute atomic E-state index is 0.0123. The second-order valence-electron chi connectivity index (χ2n) is 9.14. The van der Waals surface area contributed by atoms with Crippen molar-refractivity contribution >= 4 is 15.5 Å². The Hall–Kier alpha value is -4.25. The summed E-state index contributed by atoms with van der Waals surface area (Å²) in [6.45, 7) is 1.27. The van der Waals surface area contributed by atoms with Gasteiger partial charge >= 0.3 is 11.7 Å². The summed E-state index contributed by atoms with van der Waals surface area (Å²) >= 11 is 0. The average molecular weight is 537 g/mol. The van der Waals surface area contributed by atoms with Crippen molar-refractivity contribution in [1.29, 1.82) is 0 Å². The maximum Gasteiger partial charge on any atom is 0.416 e. The molecular formula is C27H19F3N4O3S. The van der Waals surface area contributed by atoms with Gasteiger partial charge in [-0.05, 0) is 58.9 Å². The van der Waals surface area contributed by atoms with Crippen LogP contribution in [0.3, 0.4) is 0 Å². The lowest BCUT2D eigenvalue weighted by atomic mass is 10.0. The van der Waals surface area contributed by atoms with Crippen molar-refractivity contribution in [3.8, 4) is 16.8 Å². The number of alkyl halides is 3. The van der Waals surface area contributed by atoms with Gasteiger partial charge in [0.1, 0.15) is 0 Å². The van der Waals surface area contributed by atoms with E-state index in [0.29, 0.717) is 12.0 Å². The highest BCUT2D eigenvalue weighted by atomic mass is 32.2. The van der Waals surface area contributed by atoms with E-state index in [9.17, 15) is 26.4 Å². The lowest BCUT2D eigenvalue weighted by Crippen LogP contribution is -2.22. The number of hydrogen-bond acceptors (Lipinski definition) is 5. The van der Waals surface area contributed by atoms with Crippen molar-refractivity contribution in [3.05, 3.63) is 111 Å².